The Kier molecular flexibility index (Phi) is 10.0. The zero-order chi connectivity index (χ0) is 29.3. The van der Waals surface area contributed by atoms with Gasteiger partial charge in [0.2, 0.25) is 0 Å². The molecule has 0 atom stereocenters. The molecule has 2 N–H and O–H groups in total. The molecule has 0 aliphatic carbocycles. The molecule has 0 bridgehead atoms. The molecule has 3 aromatic rings. The van der Waals surface area contributed by atoms with Crippen molar-refractivity contribution in [2.45, 2.75) is 39.8 Å². The summed E-state index contributed by atoms with van der Waals surface area (Å²) < 4.78 is 11.5. The van der Waals surface area contributed by atoms with Gasteiger partial charge in [0.25, 0.3) is 11.5 Å². The van der Waals surface area contributed by atoms with E-state index in [2.05, 4.69) is 15.7 Å². The van der Waals surface area contributed by atoms with Crippen LogP contribution in [0.4, 0.5) is 15.3 Å². The van der Waals surface area contributed by atoms with Gasteiger partial charge in [0, 0.05) is 43.0 Å². The molecule has 11 nitrogen and oxygen atoms in total. The molecular formula is C29H35N5O6. The molecule has 2 aromatic carbocycles. The maximum Gasteiger partial charge on any atom is 0.411 e. The van der Waals surface area contributed by atoms with Crippen LogP contribution in [0.15, 0.2) is 65.5 Å². The Morgan fingerprint density at radius 3 is 2.42 bits per heavy atom. The highest BCUT2D eigenvalue weighted by molar-refractivity contribution is 5.94. The molecule has 0 aliphatic heterocycles. The predicted molar refractivity (Wildman–Crippen MR) is 151 cm³/mol. The molecule has 0 fully saturated rings. The maximum absolute atomic E-state index is 12.6. The second kappa shape index (κ2) is 13.4. The first-order chi connectivity index (χ1) is 18.9. The van der Waals surface area contributed by atoms with Gasteiger partial charge in [-0.25, -0.2) is 14.3 Å². The lowest BCUT2D eigenvalue weighted by molar-refractivity contribution is 0.0299. The molecular weight excluding hydrogens is 514 g/mol. The van der Waals surface area contributed by atoms with E-state index >= 15 is 0 Å². The van der Waals surface area contributed by atoms with Crippen molar-refractivity contribution in [1.29, 1.82) is 0 Å². The molecule has 1 heterocycles. The lowest BCUT2D eigenvalue weighted by Gasteiger charge is -2.24. The summed E-state index contributed by atoms with van der Waals surface area (Å²) in [6.45, 7) is 8.12. The quantitative estimate of drug-likeness (QED) is 0.410. The van der Waals surface area contributed by atoms with Crippen molar-refractivity contribution in [2.24, 2.45) is 0 Å². The topological polar surface area (TPSA) is 132 Å². The molecule has 0 radical (unpaired) electrons. The van der Waals surface area contributed by atoms with Gasteiger partial charge < -0.3 is 19.7 Å². The maximum atomic E-state index is 12.6. The summed E-state index contributed by atoms with van der Waals surface area (Å²) >= 11 is 0. The number of carbonyl (C=O) groups excluding carboxylic acids is 3. The number of likely N-dealkylation sites (N-methyl/N-ethyl adjacent to an activating group) is 1. The van der Waals surface area contributed by atoms with Crippen LogP contribution in [-0.2, 0) is 16.0 Å². The van der Waals surface area contributed by atoms with Crippen molar-refractivity contribution in [3.63, 3.8) is 0 Å². The molecule has 0 unspecified atom stereocenters. The normalized spacial score (nSPS) is 10.9. The lowest BCUT2D eigenvalue weighted by atomic mass is 10.1. The number of ether oxygens (including phenoxy) is 2. The summed E-state index contributed by atoms with van der Waals surface area (Å²) in [6, 6.07) is 17.0. The Labute approximate surface area is 233 Å². The Hall–Kier alpha value is -4.67. The van der Waals surface area contributed by atoms with E-state index in [0.717, 1.165) is 11.1 Å². The van der Waals surface area contributed by atoms with E-state index in [4.69, 9.17) is 9.47 Å². The molecule has 212 valence electrons. The number of anilines is 1. The molecule has 0 saturated heterocycles. The number of carbonyl (C=O) groups is 3. The monoisotopic (exact) mass is 549 g/mol. The van der Waals surface area contributed by atoms with Crippen LogP contribution in [0.25, 0.3) is 11.3 Å². The summed E-state index contributed by atoms with van der Waals surface area (Å²) in [5.74, 6) is -0.279. The second-order valence-corrected chi connectivity index (χ2v) is 10.00. The average Bonchev–Trinajstić information content (AvgIpc) is 2.89. The standard InChI is InChI=1S/C29H35N5O6/c1-6-39-27(37)31-23-9-7-8-20(18-23)19-34-25(35)15-14-24(32-34)21-10-12-22(13-11-21)26(36)30-16-17-33(5)28(38)40-29(2,3)4/h7-15,18H,6,16-17,19H2,1-5H3,(H,30,36)(H,31,37). The smallest absolute Gasteiger partial charge is 0.411 e. The largest absolute Gasteiger partial charge is 0.450 e. The Morgan fingerprint density at radius 1 is 1.02 bits per heavy atom. The van der Waals surface area contributed by atoms with Crippen molar-refractivity contribution in [1.82, 2.24) is 20.0 Å². The highest BCUT2D eigenvalue weighted by Crippen LogP contribution is 2.17. The van der Waals surface area contributed by atoms with Gasteiger partial charge in [-0.2, -0.15) is 5.10 Å². The van der Waals surface area contributed by atoms with Gasteiger partial charge in [0.15, 0.2) is 0 Å². The highest BCUT2D eigenvalue weighted by Gasteiger charge is 2.19. The molecule has 40 heavy (non-hydrogen) atoms. The molecule has 0 aliphatic rings. The number of rotatable bonds is 9. The van der Waals surface area contributed by atoms with E-state index < -0.39 is 17.8 Å². The first-order valence-corrected chi connectivity index (χ1v) is 12.9. The van der Waals surface area contributed by atoms with E-state index in [9.17, 15) is 19.2 Å². The fourth-order valence-electron chi connectivity index (χ4n) is 3.58. The van der Waals surface area contributed by atoms with Crippen molar-refractivity contribution >= 4 is 23.8 Å². The first kappa shape index (κ1) is 29.9. The summed E-state index contributed by atoms with van der Waals surface area (Å²) in [7, 11) is 1.61. The minimum atomic E-state index is -0.591. The van der Waals surface area contributed by atoms with Crippen LogP contribution < -0.4 is 16.2 Å². The van der Waals surface area contributed by atoms with Crippen molar-refractivity contribution in [2.75, 3.05) is 32.1 Å². The van der Waals surface area contributed by atoms with E-state index in [-0.39, 0.29) is 31.2 Å². The minimum absolute atomic E-state index is 0.198. The van der Waals surface area contributed by atoms with Crippen LogP contribution in [0.2, 0.25) is 0 Å². The Bertz CT molecular complexity index is 1400. The number of hydrogen-bond acceptors (Lipinski definition) is 7. The van der Waals surface area contributed by atoms with Crippen molar-refractivity contribution < 1.29 is 23.9 Å². The number of nitrogens with zero attached hydrogens (tertiary/aromatic N) is 3. The SMILES string of the molecule is CCOC(=O)Nc1cccc(Cn2nc(-c3ccc(C(=O)NCCN(C)C(=O)OC(C)(C)C)cc3)ccc2=O)c1. The van der Waals surface area contributed by atoms with Crippen molar-refractivity contribution in [3.8, 4) is 11.3 Å². The predicted octanol–water partition coefficient (Wildman–Crippen LogP) is 4.12. The van der Waals surface area contributed by atoms with E-state index in [1.54, 1.807) is 83.3 Å². The molecule has 3 amide bonds. The van der Waals surface area contributed by atoms with E-state index in [0.29, 0.717) is 23.5 Å². The van der Waals surface area contributed by atoms with Crippen LogP contribution in [0.5, 0.6) is 0 Å². The molecule has 1 aromatic heterocycles. The van der Waals surface area contributed by atoms with Gasteiger partial charge in [0.1, 0.15) is 5.60 Å². The Balaban J connectivity index is 1.62. The van der Waals surface area contributed by atoms with Gasteiger partial charge in [0.05, 0.1) is 18.8 Å². The molecule has 11 heteroatoms. The van der Waals surface area contributed by atoms with Crippen LogP contribution in [-0.4, -0.2) is 65.1 Å². The number of hydrogen-bond donors (Lipinski definition) is 2. The van der Waals surface area contributed by atoms with Gasteiger partial charge in [-0.1, -0.05) is 24.3 Å². The highest BCUT2D eigenvalue weighted by atomic mass is 16.6. The fraction of sp³-hybridized carbons (Fsp3) is 0.345. The van der Waals surface area contributed by atoms with Gasteiger partial charge in [-0.3, -0.25) is 14.9 Å². The van der Waals surface area contributed by atoms with Crippen LogP contribution in [0.1, 0.15) is 43.6 Å². The zero-order valence-corrected chi connectivity index (χ0v) is 23.4. The number of amides is 3. The third-order valence-corrected chi connectivity index (χ3v) is 5.53. The zero-order valence-electron chi connectivity index (χ0n) is 23.4. The van der Waals surface area contributed by atoms with E-state index in [1.807, 2.05) is 6.07 Å². The molecule has 0 saturated carbocycles. The third kappa shape index (κ3) is 8.97. The third-order valence-electron chi connectivity index (χ3n) is 5.53. The fourth-order valence-corrected chi connectivity index (χ4v) is 3.58. The van der Waals surface area contributed by atoms with Gasteiger partial charge in [-0.15, -0.1) is 0 Å². The summed E-state index contributed by atoms with van der Waals surface area (Å²) in [4.78, 5) is 50.2. The van der Waals surface area contributed by atoms with Crippen LogP contribution >= 0.6 is 0 Å². The summed E-state index contributed by atoms with van der Waals surface area (Å²) in [5.41, 5.74) is 2.18. The van der Waals surface area contributed by atoms with Crippen molar-refractivity contribution in [3.05, 3.63) is 82.1 Å². The summed E-state index contributed by atoms with van der Waals surface area (Å²) in [6.07, 6.45) is -1.01. The van der Waals surface area contributed by atoms with Crippen LogP contribution in [0.3, 0.4) is 0 Å². The van der Waals surface area contributed by atoms with Gasteiger partial charge >= 0.3 is 12.2 Å². The van der Waals surface area contributed by atoms with E-state index in [1.165, 1.54) is 15.6 Å². The average molecular weight is 550 g/mol. The second-order valence-electron chi connectivity index (χ2n) is 10.00. The number of nitrogens with one attached hydrogen (secondary N) is 2. The number of benzene rings is 2. The van der Waals surface area contributed by atoms with Crippen LogP contribution in [0, 0.1) is 0 Å². The molecule has 0 spiro atoms. The minimum Gasteiger partial charge on any atom is -0.450 e. The molecule has 3 rings (SSSR count). The first-order valence-electron chi connectivity index (χ1n) is 12.9. The number of aromatic nitrogens is 2. The van der Waals surface area contributed by atoms with Gasteiger partial charge in [-0.05, 0) is 63.6 Å². The lowest BCUT2D eigenvalue weighted by Crippen LogP contribution is -2.39. The summed E-state index contributed by atoms with van der Waals surface area (Å²) in [5, 5.41) is 9.92. The Morgan fingerprint density at radius 2 is 1.75 bits per heavy atom.